The lowest BCUT2D eigenvalue weighted by atomic mass is 9.74. The summed E-state index contributed by atoms with van der Waals surface area (Å²) in [7, 11) is 0. The van der Waals surface area contributed by atoms with E-state index in [0.29, 0.717) is 16.7 Å². The van der Waals surface area contributed by atoms with Crippen molar-refractivity contribution in [1.82, 2.24) is 15.5 Å². The van der Waals surface area contributed by atoms with Crippen LogP contribution >= 0.6 is 0 Å². The van der Waals surface area contributed by atoms with Gasteiger partial charge in [-0.05, 0) is 30.3 Å². The van der Waals surface area contributed by atoms with Crippen LogP contribution in [0.15, 0.2) is 48.5 Å². The van der Waals surface area contributed by atoms with E-state index in [1.165, 1.54) is 5.69 Å². The fraction of sp³-hybridized carbons (Fsp3) is 0.333. The van der Waals surface area contributed by atoms with Crippen LogP contribution in [0.25, 0.3) is 22.2 Å². The first-order valence-corrected chi connectivity index (χ1v) is 9.24. The van der Waals surface area contributed by atoms with Gasteiger partial charge >= 0.3 is 0 Å². The summed E-state index contributed by atoms with van der Waals surface area (Å²) in [6, 6.07) is 15.5. The highest BCUT2D eigenvalue weighted by Gasteiger charge is 2.47. The molecule has 0 bridgehead atoms. The SMILES string of the molecule is CC.Oc1ccccc1-c1cc2ccc(N3CC4(CNC4)C3)cc2nn1. The molecule has 0 unspecified atom stereocenters. The Morgan fingerprint density at radius 3 is 2.46 bits per heavy atom. The smallest absolute Gasteiger partial charge is 0.125 e. The number of phenolic OH excluding ortho intramolecular Hbond substituents is 1. The number of rotatable bonds is 2. The van der Waals surface area contributed by atoms with Crippen molar-refractivity contribution in [3.05, 3.63) is 48.5 Å². The number of aromatic hydroxyl groups is 1. The first kappa shape index (κ1) is 16.8. The highest BCUT2D eigenvalue weighted by molar-refractivity contribution is 5.85. The summed E-state index contributed by atoms with van der Waals surface area (Å²) in [4.78, 5) is 2.40. The summed E-state index contributed by atoms with van der Waals surface area (Å²) in [5, 5.41) is 23.1. The van der Waals surface area contributed by atoms with E-state index < -0.39 is 0 Å². The molecule has 0 radical (unpaired) electrons. The van der Waals surface area contributed by atoms with Crippen LogP contribution in [0, 0.1) is 5.41 Å². The molecule has 5 heteroatoms. The summed E-state index contributed by atoms with van der Waals surface area (Å²) >= 11 is 0. The van der Waals surface area contributed by atoms with Gasteiger partial charge in [-0.3, -0.25) is 0 Å². The maximum Gasteiger partial charge on any atom is 0.125 e. The Morgan fingerprint density at radius 1 is 1.00 bits per heavy atom. The van der Waals surface area contributed by atoms with E-state index in [1.54, 1.807) is 12.1 Å². The number of phenols is 1. The average molecular weight is 348 g/mol. The molecule has 5 nitrogen and oxygen atoms in total. The van der Waals surface area contributed by atoms with Crippen molar-refractivity contribution in [2.24, 2.45) is 5.41 Å². The number of hydrogen-bond acceptors (Lipinski definition) is 5. The Kier molecular flexibility index (Phi) is 4.24. The minimum Gasteiger partial charge on any atom is -0.507 e. The third kappa shape index (κ3) is 2.78. The summed E-state index contributed by atoms with van der Waals surface area (Å²) < 4.78 is 0. The van der Waals surface area contributed by atoms with Crippen LogP contribution < -0.4 is 10.2 Å². The molecule has 2 aliphatic heterocycles. The Bertz CT molecular complexity index is 928. The van der Waals surface area contributed by atoms with E-state index in [0.717, 1.165) is 37.1 Å². The van der Waals surface area contributed by atoms with E-state index in [1.807, 2.05) is 32.0 Å². The molecule has 1 spiro atoms. The largest absolute Gasteiger partial charge is 0.507 e. The van der Waals surface area contributed by atoms with Crippen molar-refractivity contribution in [2.45, 2.75) is 13.8 Å². The molecule has 134 valence electrons. The third-order valence-corrected chi connectivity index (χ3v) is 5.17. The first-order chi connectivity index (χ1) is 12.7. The quantitative estimate of drug-likeness (QED) is 0.743. The van der Waals surface area contributed by atoms with E-state index in [9.17, 15) is 5.11 Å². The second-order valence-electron chi connectivity index (χ2n) is 6.95. The van der Waals surface area contributed by atoms with E-state index >= 15 is 0 Å². The number of benzene rings is 2. The highest BCUT2D eigenvalue weighted by atomic mass is 16.3. The Hall–Kier alpha value is -2.66. The minimum atomic E-state index is 0.225. The van der Waals surface area contributed by atoms with Crippen LogP contribution in [0.3, 0.4) is 0 Å². The molecule has 1 aromatic heterocycles. The van der Waals surface area contributed by atoms with Gasteiger partial charge in [-0.1, -0.05) is 32.0 Å². The van der Waals surface area contributed by atoms with Gasteiger partial charge in [0.05, 0.1) is 11.2 Å². The number of nitrogens with one attached hydrogen (secondary N) is 1. The fourth-order valence-corrected chi connectivity index (χ4v) is 3.69. The highest BCUT2D eigenvalue weighted by Crippen LogP contribution is 2.38. The maximum atomic E-state index is 9.99. The molecule has 2 aromatic carbocycles. The van der Waals surface area contributed by atoms with E-state index in [4.69, 9.17) is 0 Å². The second kappa shape index (κ2) is 6.57. The van der Waals surface area contributed by atoms with Gasteiger partial charge in [0.25, 0.3) is 0 Å². The standard InChI is InChI=1S/C19H18N4O.C2H6/c24-18-4-2-1-3-15(18)17-7-13-5-6-14(8-16(13)21-22-17)23-11-19(12-23)9-20-10-19;1-2/h1-8,20,24H,9-12H2;1-2H3. The summed E-state index contributed by atoms with van der Waals surface area (Å²) in [6.45, 7) is 8.52. The van der Waals surface area contributed by atoms with Crippen LogP contribution in [0.1, 0.15) is 13.8 Å². The molecule has 2 aliphatic rings. The zero-order valence-electron chi connectivity index (χ0n) is 15.2. The third-order valence-electron chi connectivity index (χ3n) is 5.17. The number of fused-ring (bicyclic) bond motifs is 1. The molecule has 0 atom stereocenters. The fourth-order valence-electron chi connectivity index (χ4n) is 3.69. The topological polar surface area (TPSA) is 61.3 Å². The molecule has 2 saturated heterocycles. The lowest BCUT2D eigenvalue weighted by Gasteiger charge is -2.57. The molecule has 3 heterocycles. The zero-order chi connectivity index (χ0) is 18.1. The van der Waals surface area contributed by atoms with Gasteiger partial charge in [0.1, 0.15) is 5.75 Å². The van der Waals surface area contributed by atoms with Crippen LogP contribution in [0.5, 0.6) is 5.75 Å². The lowest BCUT2D eigenvalue weighted by molar-refractivity contribution is 0.121. The average Bonchev–Trinajstić information content (AvgIpc) is 2.61. The second-order valence-corrected chi connectivity index (χ2v) is 6.95. The number of anilines is 1. The van der Waals surface area contributed by atoms with Gasteiger partial charge in [0, 0.05) is 48.2 Å². The Labute approximate surface area is 153 Å². The minimum absolute atomic E-state index is 0.225. The predicted molar refractivity (Wildman–Crippen MR) is 106 cm³/mol. The summed E-state index contributed by atoms with van der Waals surface area (Å²) in [5.41, 5.74) is 4.01. The molecule has 2 fully saturated rings. The molecule has 26 heavy (non-hydrogen) atoms. The van der Waals surface area contributed by atoms with Crippen molar-refractivity contribution in [3.8, 4) is 17.0 Å². The van der Waals surface area contributed by atoms with Gasteiger partial charge in [0.15, 0.2) is 0 Å². The summed E-state index contributed by atoms with van der Waals surface area (Å²) in [5.74, 6) is 0.225. The zero-order valence-corrected chi connectivity index (χ0v) is 15.2. The molecule has 3 aromatic rings. The van der Waals surface area contributed by atoms with Crippen molar-refractivity contribution in [1.29, 1.82) is 0 Å². The number of aromatic nitrogens is 2. The molecule has 0 saturated carbocycles. The van der Waals surface area contributed by atoms with Gasteiger partial charge in [-0.2, -0.15) is 0 Å². The van der Waals surface area contributed by atoms with Gasteiger partial charge in [0.2, 0.25) is 0 Å². The van der Waals surface area contributed by atoms with Crippen molar-refractivity contribution in [3.63, 3.8) is 0 Å². The van der Waals surface area contributed by atoms with Crippen LogP contribution in [0.2, 0.25) is 0 Å². The number of nitrogens with zero attached hydrogens (tertiary/aromatic N) is 3. The molecule has 2 N–H and O–H groups in total. The Morgan fingerprint density at radius 2 is 1.77 bits per heavy atom. The molecular weight excluding hydrogens is 324 g/mol. The number of para-hydroxylation sites is 1. The van der Waals surface area contributed by atoms with E-state index in [-0.39, 0.29) is 5.75 Å². The van der Waals surface area contributed by atoms with Crippen molar-refractivity contribution < 1.29 is 5.11 Å². The maximum absolute atomic E-state index is 9.99. The lowest BCUT2D eigenvalue weighted by Crippen LogP contribution is -2.71. The predicted octanol–water partition coefficient (Wildman–Crippen LogP) is 3.44. The molecule has 5 rings (SSSR count). The van der Waals surface area contributed by atoms with Crippen LogP contribution in [-0.2, 0) is 0 Å². The monoisotopic (exact) mass is 348 g/mol. The van der Waals surface area contributed by atoms with Gasteiger partial charge in [-0.15, -0.1) is 10.2 Å². The van der Waals surface area contributed by atoms with Gasteiger partial charge < -0.3 is 15.3 Å². The molecular formula is C21H24N4O. The van der Waals surface area contributed by atoms with E-state index in [2.05, 4.69) is 38.6 Å². The molecule has 0 aliphatic carbocycles. The van der Waals surface area contributed by atoms with Crippen LogP contribution in [-0.4, -0.2) is 41.5 Å². The Balaban J connectivity index is 0.000000814. The van der Waals surface area contributed by atoms with Crippen LogP contribution in [0.4, 0.5) is 5.69 Å². The molecule has 0 amide bonds. The number of hydrogen-bond donors (Lipinski definition) is 2. The normalized spacial score (nSPS) is 17.2. The van der Waals surface area contributed by atoms with Crippen molar-refractivity contribution in [2.75, 3.05) is 31.1 Å². The van der Waals surface area contributed by atoms with Crippen molar-refractivity contribution >= 4 is 16.6 Å². The first-order valence-electron chi connectivity index (χ1n) is 9.24. The summed E-state index contributed by atoms with van der Waals surface area (Å²) in [6.07, 6.45) is 0. The van der Waals surface area contributed by atoms with Gasteiger partial charge in [-0.25, -0.2) is 0 Å².